The zero-order valence-electron chi connectivity index (χ0n) is 11.5. The number of rotatable bonds is 3. The molecule has 1 aliphatic heterocycles. The first-order chi connectivity index (χ1) is 8.10. The number of hydrogen-bond acceptors (Lipinski definition) is 2. The zero-order chi connectivity index (χ0) is 12.3. The third-order valence-corrected chi connectivity index (χ3v) is 4.59. The maximum absolute atomic E-state index is 10.9. The average molecular weight is 240 g/mol. The van der Waals surface area contributed by atoms with Gasteiger partial charge in [0.25, 0.3) is 0 Å². The molecule has 0 spiro atoms. The van der Waals surface area contributed by atoms with E-state index in [2.05, 4.69) is 13.8 Å². The molecule has 1 saturated carbocycles. The van der Waals surface area contributed by atoms with Crippen LogP contribution in [0.25, 0.3) is 0 Å². The summed E-state index contributed by atoms with van der Waals surface area (Å²) in [5, 5.41) is 10.9. The van der Waals surface area contributed by atoms with Crippen LogP contribution >= 0.6 is 0 Å². The van der Waals surface area contributed by atoms with Gasteiger partial charge in [0.2, 0.25) is 0 Å². The Bertz CT molecular complexity index is 233. The van der Waals surface area contributed by atoms with Gasteiger partial charge in [0, 0.05) is 12.5 Å². The molecule has 3 atom stereocenters. The Hall–Kier alpha value is -0.0800. The van der Waals surface area contributed by atoms with Gasteiger partial charge in [-0.05, 0) is 43.9 Å². The highest BCUT2D eigenvalue weighted by Gasteiger charge is 2.41. The Balaban J connectivity index is 1.93. The van der Waals surface area contributed by atoms with Gasteiger partial charge in [-0.15, -0.1) is 0 Å². The first kappa shape index (κ1) is 13.4. The number of aliphatic hydroxyl groups is 1. The molecule has 1 N–H and O–H groups in total. The van der Waals surface area contributed by atoms with Crippen molar-refractivity contribution in [3.05, 3.63) is 0 Å². The summed E-state index contributed by atoms with van der Waals surface area (Å²) in [5.41, 5.74) is -0.418. The predicted octanol–water partition coefficient (Wildman–Crippen LogP) is 3.38. The summed E-state index contributed by atoms with van der Waals surface area (Å²) < 4.78 is 5.56. The Labute approximate surface area is 106 Å². The molecule has 1 heterocycles. The Kier molecular flexibility index (Phi) is 4.48. The molecule has 1 saturated heterocycles. The molecule has 17 heavy (non-hydrogen) atoms. The van der Waals surface area contributed by atoms with Crippen molar-refractivity contribution in [3.8, 4) is 0 Å². The summed E-state index contributed by atoms with van der Waals surface area (Å²) in [5.74, 6) is 1.88. The van der Waals surface area contributed by atoms with Crippen molar-refractivity contribution in [1.82, 2.24) is 0 Å². The van der Waals surface area contributed by atoms with Gasteiger partial charge >= 0.3 is 0 Å². The van der Waals surface area contributed by atoms with Crippen molar-refractivity contribution < 1.29 is 9.84 Å². The molecule has 0 bridgehead atoms. The minimum Gasteiger partial charge on any atom is -0.390 e. The van der Waals surface area contributed by atoms with Crippen LogP contribution in [-0.2, 0) is 4.74 Å². The topological polar surface area (TPSA) is 29.5 Å². The van der Waals surface area contributed by atoms with E-state index in [1.54, 1.807) is 0 Å². The lowest BCUT2D eigenvalue weighted by molar-refractivity contribution is -0.110. The van der Waals surface area contributed by atoms with Gasteiger partial charge in [-0.25, -0.2) is 0 Å². The predicted molar refractivity (Wildman–Crippen MR) is 69.9 cm³/mol. The summed E-state index contributed by atoms with van der Waals surface area (Å²) >= 11 is 0. The smallest absolute Gasteiger partial charge is 0.0700 e. The van der Waals surface area contributed by atoms with Crippen molar-refractivity contribution in [2.45, 2.75) is 64.4 Å². The van der Waals surface area contributed by atoms with E-state index in [0.717, 1.165) is 50.7 Å². The summed E-state index contributed by atoms with van der Waals surface area (Å²) in [6, 6.07) is 0. The second-order valence-electron chi connectivity index (χ2n) is 6.61. The van der Waals surface area contributed by atoms with E-state index >= 15 is 0 Å². The molecule has 0 aromatic rings. The quantitative estimate of drug-likeness (QED) is 0.819. The summed E-state index contributed by atoms with van der Waals surface area (Å²) in [6.45, 7) is 6.25. The molecule has 0 amide bonds. The molecule has 0 aromatic heterocycles. The van der Waals surface area contributed by atoms with E-state index in [9.17, 15) is 5.11 Å². The fraction of sp³-hybridized carbons (Fsp3) is 1.00. The van der Waals surface area contributed by atoms with Crippen molar-refractivity contribution in [2.24, 2.45) is 17.8 Å². The maximum Gasteiger partial charge on any atom is 0.0700 e. The Morgan fingerprint density at radius 1 is 1.29 bits per heavy atom. The highest BCUT2D eigenvalue weighted by Crippen LogP contribution is 2.42. The van der Waals surface area contributed by atoms with E-state index in [-0.39, 0.29) is 0 Å². The maximum atomic E-state index is 10.9. The minimum absolute atomic E-state index is 0.395. The van der Waals surface area contributed by atoms with Crippen LogP contribution < -0.4 is 0 Å². The van der Waals surface area contributed by atoms with Crippen molar-refractivity contribution in [2.75, 3.05) is 13.2 Å². The van der Waals surface area contributed by atoms with Gasteiger partial charge in [0.05, 0.1) is 12.2 Å². The largest absolute Gasteiger partial charge is 0.390 e. The molecular formula is C15H28O2. The van der Waals surface area contributed by atoms with E-state index in [0.29, 0.717) is 5.92 Å². The van der Waals surface area contributed by atoms with Gasteiger partial charge < -0.3 is 9.84 Å². The number of ether oxygens (including phenoxy) is 1. The van der Waals surface area contributed by atoms with E-state index in [4.69, 9.17) is 4.74 Å². The molecule has 3 unspecified atom stereocenters. The zero-order valence-corrected chi connectivity index (χ0v) is 11.5. The molecule has 0 aromatic carbocycles. The molecular weight excluding hydrogens is 212 g/mol. The molecule has 2 rings (SSSR count). The molecule has 2 aliphatic rings. The van der Waals surface area contributed by atoms with Crippen molar-refractivity contribution in [3.63, 3.8) is 0 Å². The lowest BCUT2D eigenvalue weighted by atomic mass is 9.68. The molecule has 2 fully saturated rings. The Morgan fingerprint density at radius 2 is 2.12 bits per heavy atom. The molecule has 100 valence electrons. The van der Waals surface area contributed by atoms with Crippen LogP contribution in [-0.4, -0.2) is 23.9 Å². The summed E-state index contributed by atoms with van der Waals surface area (Å²) in [7, 11) is 0. The van der Waals surface area contributed by atoms with Gasteiger partial charge in [-0.3, -0.25) is 0 Å². The van der Waals surface area contributed by atoms with Gasteiger partial charge in [-0.1, -0.05) is 26.7 Å². The standard InChI is InChI=1S/C15H28O2/c1-12(2)9-13-5-3-7-15(16,10-13)14-6-4-8-17-11-14/h12-14,16H,3-11H2,1-2H3. The number of hydrogen-bond donors (Lipinski definition) is 1. The summed E-state index contributed by atoms with van der Waals surface area (Å²) in [4.78, 5) is 0. The van der Waals surface area contributed by atoms with Crippen molar-refractivity contribution in [1.29, 1.82) is 0 Å². The lowest BCUT2D eigenvalue weighted by Crippen LogP contribution is -2.46. The highest BCUT2D eigenvalue weighted by atomic mass is 16.5. The van der Waals surface area contributed by atoms with Gasteiger partial charge in [0.15, 0.2) is 0 Å². The summed E-state index contributed by atoms with van der Waals surface area (Å²) in [6.07, 6.45) is 8.08. The SMILES string of the molecule is CC(C)CC1CCCC(O)(C2CCCOC2)C1. The molecule has 1 aliphatic carbocycles. The van der Waals surface area contributed by atoms with Crippen LogP contribution in [0, 0.1) is 17.8 Å². The second-order valence-corrected chi connectivity index (χ2v) is 6.61. The van der Waals surface area contributed by atoms with Gasteiger partial charge in [0.1, 0.15) is 0 Å². The van der Waals surface area contributed by atoms with Crippen LogP contribution in [0.2, 0.25) is 0 Å². The van der Waals surface area contributed by atoms with Crippen LogP contribution in [0.4, 0.5) is 0 Å². The fourth-order valence-electron chi connectivity index (χ4n) is 3.80. The van der Waals surface area contributed by atoms with Crippen molar-refractivity contribution >= 4 is 0 Å². The molecule has 2 nitrogen and oxygen atoms in total. The van der Waals surface area contributed by atoms with Crippen LogP contribution in [0.5, 0.6) is 0 Å². The van der Waals surface area contributed by atoms with E-state index in [1.807, 2.05) is 0 Å². The molecule has 0 radical (unpaired) electrons. The first-order valence-electron chi connectivity index (χ1n) is 7.40. The van der Waals surface area contributed by atoms with E-state index < -0.39 is 5.60 Å². The monoisotopic (exact) mass is 240 g/mol. The van der Waals surface area contributed by atoms with E-state index in [1.165, 1.54) is 19.3 Å². The first-order valence-corrected chi connectivity index (χ1v) is 7.40. The highest BCUT2D eigenvalue weighted by molar-refractivity contribution is 4.93. The Morgan fingerprint density at radius 3 is 2.76 bits per heavy atom. The average Bonchev–Trinajstić information content (AvgIpc) is 2.29. The molecule has 2 heteroatoms. The van der Waals surface area contributed by atoms with Gasteiger partial charge in [-0.2, -0.15) is 0 Å². The minimum atomic E-state index is -0.418. The van der Waals surface area contributed by atoms with Crippen LogP contribution in [0.3, 0.4) is 0 Å². The third kappa shape index (κ3) is 3.45. The van der Waals surface area contributed by atoms with Crippen LogP contribution in [0.15, 0.2) is 0 Å². The normalized spacial score (nSPS) is 39.5. The third-order valence-electron chi connectivity index (χ3n) is 4.59. The van der Waals surface area contributed by atoms with Crippen LogP contribution in [0.1, 0.15) is 58.8 Å². The lowest BCUT2D eigenvalue weighted by Gasteiger charge is -2.44. The fourth-order valence-corrected chi connectivity index (χ4v) is 3.80. The second kappa shape index (κ2) is 5.71.